The Morgan fingerprint density at radius 2 is 1.53 bits per heavy atom. The van der Waals surface area contributed by atoms with Crippen LogP contribution in [-0.4, -0.2) is 55.5 Å². The molecule has 2 aliphatic rings. The Kier molecular flexibility index (Phi) is 6.63. The van der Waals surface area contributed by atoms with Gasteiger partial charge in [-0.05, 0) is 55.5 Å². The Morgan fingerprint density at radius 3 is 2.12 bits per heavy atom. The van der Waals surface area contributed by atoms with Crippen molar-refractivity contribution in [1.82, 2.24) is 9.80 Å². The number of methoxy groups -OCH3 is 2. The summed E-state index contributed by atoms with van der Waals surface area (Å²) in [5.41, 5.74) is 1.50. The molecule has 0 bridgehead atoms. The van der Waals surface area contributed by atoms with E-state index in [-0.39, 0.29) is 29.6 Å². The van der Waals surface area contributed by atoms with Crippen molar-refractivity contribution in [1.29, 1.82) is 0 Å². The normalized spacial score (nSPS) is 19.2. The average Bonchev–Trinajstić information content (AvgIpc) is 3.33. The fourth-order valence-electron chi connectivity index (χ4n) is 4.74. The number of hydrogen-bond donors (Lipinski definition) is 0. The summed E-state index contributed by atoms with van der Waals surface area (Å²) in [6, 6.07) is 11.6. The zero-order valence-electron chi connectivity index (χ0n) is 18.6. The van der Waals surface area contributed by atoms with E-state index < -0.39 is 0 Å². The van der Waals surface area contributed by atoms with Crippen molar-refractivity contribution in [2.75, 3.05) is 33.9 Å². The van der Waals surface area contributed by atoms with Gasteiger partial charge in [-0.2, -0.15) is 0 Å². The van der Waals surface area contributed by atoms with Crippen molar-refractivity contribution in [3.8, 4) is 11.5 Å². The largest absolute Gasteiger partial charge is 0.497 e. The average molecular weight is 441 g/mol. The monoisotopic (exact) mass is 440 g/mol. The van der Waals surface area contributed by atoms with Crippen LogP contribution in [0.15, 0.2) is 42.5 Å². The van der Waals surface area contributed by atoms with Crippen LogP contribution in [0.4, 0.5) is 4.39 Å². The molecule has 1 unspecified atom stereocenters. The third kappa shape index (κ3) is 4.56. The van der Waals surface area contributed by atoms with Crippen molar-refractivity contribution in [3.63, 3.8) is 0 Å². The number of likely N-dealkylation sites (tertiary alicyclic amines) is 2. The minimum Gasteiger partial charge on any atom is -0.497 e. The van der Waals surface area contributed by atoms with Crippen molar-refractivity contribution in [2.45, 2.75) is 31.7 Å². The van der Waals surface area contributed by atoms with Gasteiger partial charge in [0.1, 0.15) is 17.3 Å². The van der Waals surface area contributed by atoms with E-state index in [9.17, 15) is 14.0 Å². The number of benzene rings is 2. The first-order chi connectivity index (χ1) is 15.5. The molecule has 2 amide bonds. The van der Waals surface area contributed by atoms with Gasteiger partial charge in [0.2, 0.25) is 5.91 Å². The Labute approximate surface area is 187 Å². The van der Waals surface area contributed by atoms with E-state index in [4.69, 9.17) is 9.47 Å². The molecule has 0 saturated carbocycles. The fraction of sp³-hybridized carbons (Fsp3) is 0.440. The first-order valence-corrected chi connectivity index (χ1v) is 11.1. The molecule has 2 aromatic carbocycles. The summed E-state index contributed by atoms with van der Waals surface area (Å²) in [4.78, 5) is 30.0. The molecule has 0 spiro atoms. The lowest BCUT2D eigenvalue weighted by atomic mass is 9.93. The SMILES string of the molecule is COc1cc(OC)cc(C(=O)N2CCC(C(=O)N3CCCC3c3ccc(F)cc3)CC2)c1. The van der Waals surface area contributed by atoms with Gasteiger partial charge in [0.25, 0.3) is 5.91 Å². The van der Waals surface area contributed by atoms with Crippen molar-refractivity contribution >= 4 is 11.8 Å². The minimum absolute atomic E-state index is 0.00649. The number of carbonyl (C=O) groups excluding carboxylic acids is 2. The fourth-order valence-corrected chi connectivity index (χ4v) is 4.74. The smallest absolute Gasteiger partial charge is 0.254 e. The molecule has 170 valence electrons. The summed E-state index contributed by atoms with van der Waals surface area (Å²) >= 11 is 0. The quantitative estimate of drug-likeness (QED) is 0.704. The summed E-state index contributed by atoms with van der Waals surface area (Å²) in [5, 5.41) is 0. The molecule has 2 aromatic rings. The third-order valence-corrected chi connectivity index (χ3v) is 6.52. The van der Waals surface area contributed by atoms with E-state index in [1.54, 1.807) is 49.5 Å². The molecule has 0 aliphatic carbocycles. The van der Waals surface area contributed by atoms with Gasteiger partial charge in [-0.1, -0.05) is 12.1 Å². The molecule has 2 heterocycles. The van der Waals surface area contributed by atoms with E-state index in [1.807, 2.05) is 4.90 Å². The maximum Gasteiger partial charge on any atom is 0.254 e. The number of piperidine rings is 1. The Bertz CT molecular complexity index is 948. The van der Waals surface area contributed by atoms with E-state index in [0.29, 0.717) is 43.0 Å². The van der Waals surface area contributed by atoms with Crippen molar-refractivity contribution in [2.24, 2.45) is 5.92 Å². The number of carbonyl (C=O) groups is 2. The summed E-state index contributed by atoms with van der Waals surface area (Å²) in [6.45, 7) is 1.79. The highest BCUT2D eigenvalue weighted by Gasteiger charge is 2.36. The lowest BCUT2D eigenvalue weighted by Gasteiger charge is -2.35. The molecule has 0 aromatic heterocycles. The minimum atomic E-state index is -0.268. The number of halogens is 1. The van der Waals surface area contributed by atoms with Crippen LogP contribution < -0.4 is 9.47 Å². The van der Waals surface area contributed by atoms with Crippen LogP contribution >= 0.6 is 0 Å². The van der Waals surface area contributed by atoms with Gasteiger partial charge in [-0.25, -0.2) is 4.39 Å². The first kappa shape index (κ1) is 22.1. The van der Waals surface area contributed by atoms with E-state index in [2.05, 4.69) is 0 Å². The Morgan fingerprint density at radius 1 is 0.906 bits per heavy atom. The van der Waals surface area contributed by atoms with Crippen LogP contribution in [0, 0.1) is 11.7 Å². The van der Waals surface area contributed by atoms with Crippen LogP contribution in [0.3, 0.4) is 0 Å². The number of hydrogen-bond acceptors (Lipinski definition) is 4. The van der Waals surface area contributed by atoms with Crippen LogP contribution in [0.2, 0.25) is 0 Å². The third-order valence-electron chi connectivity index (χ3n) is 6.52. The molecular formula is C25H29FN2O4. The highest BCUT2D eigenvalue weighted by Crippen LogP contribution is 2.35. The number of amides is 2. The van der Waals surface area contributed by atoms with E-state index >= 15 is 0 Å². The van der Waals surface area contributed by atoms with Gasteiger partial charge in [0.05, 0.1) is 20.3 Å². The molecule has 6 nitrogen and oxygen atoms in total. The van der Waals surface area contributed by atoms with Crippen molar-refractivity contribution in [3.05, 3.63) is 59.4 Å². The maximum absolute atomic E-state index is 13.3. The zero-order valence-corrected chi connectivity index (χ0v) is 18.6. The molecule has 32 heavy (non-hydrogen) atoms. The zero-order chi connectivity index (χ0) is 22.7. The summed E-state index contributed by atoms with van der Waals surface area (Å²) < 4.78 is 23.8. The molecule has 0 N–H and O–H groups in total. The lowest BCUT2D eigenvalue weighted by Crippen LogP contribution is -2.44. The Balaban J connectivity index is 1.39. The van der Waals surface area contributed by atoms with Gasteiger partial charge < -0.3 is 19.3 Å². The van der Waals surface area contributed by atoms with Crippen LogP contribution in [-0.2, 0) is 4.79 Å². The van der Waals surface area contributed by atoms with Gasteiger partial charge >= 0.3 is 0 Å². The maximum atomic E-state index is 13.3. The first-order valence-electron chi connectivity index (χ1n) is 11.1. The van der Waals surface area contributed by atoms with Gasteiger partial charge in [0.15, 0.2) is 0 Å². The van der Waals surface area contributed by atoms with Gasteiger partial charge in [-0.3, -0.25) is 9.59 Å². The molecule has 2 saturated heterocycles. The highest BCUT2D eigenvalue weighted by molar-refractivity contribution is 5.95. The second kappa shape index (κ2) is 9.59. The van der Waals surface area contributed by atoms with E-state index in [0.717, 1.165) is 24.9 Å². The molecular weight excluding hydrogens is 411 g/mol. The van der Waals surface area contributed by atoms with Crippen LogP contribution in [0.1, 0.15) is 47.6 Å². The topological polar surface area (TPSA) is 59.1 Å². The molecule has 4 rings (SSSR count). The molecule has 1 atom stereocenters. The highest BCUT2D eigenvalue weighted by atomic mass is 19.1. The number of ether oxygens (including phenoxy) is 2. The summed E-state index contributed by atoms with van der Waals surface area (Å²) in [6.07, 6.45) is 3.12. The summed E-state index contributed by atoms with van der Waals surface area (Å²) in [5.74, 6) is 0.831. The molecule has 2 fully saturated rings. The predicted molar refractivity (Wildman–Crippen MR) is 118 cm³/mol. The summed E-state index contributed by atoms with van der Waals surface area (Å²) in [7, 11) is 3.11. The van der Waals surface area contributed by atoms with Crippen LogP contribution in [0.25, 0.3) is 0 Å². The van der Waals surface area contributed by atoms with Crippen molar-refractivity contribution < 1.29 is 23.5 Å². The second-order valence-corrected chi connectivity index (χ2v) is 8.41. The van der Waals surface area contributed by atoms with Crippen LogP contribution in [0.5, 0.6) is 11.5 Å². The number of nitrogens with zero attached hydrogens (tertiary/aromatic N) is 2. The Hall–Kier alpha value is -3.09. The van der Waals surface area contributed by atoms with Gasteiger partial charge in [-0.15, -0.1) is 0 Å². The molecule has 7 heteroatoms. The second-order valence-electron chi connectivity index (χ2n) is 8.41. The number of rotatable bonds is 5. The van der Waals surface area contributed by atoms with Gasteiger partial charge in [0, 0.05) is 37.2 Å². The molecule has 2 aliphatic heterocycles. The molecule has 0 radical (unpaired) electrons. The lowest BCUT2D eigenvalue weighted by molar-refractivity contribution is -0.137. The standard InChI is InChI=1S/C25H29FN2O4/c1-31-21-14-19(15-22(16-21)32-2)24(29)27-12-9-18(10-13-27)25(30)28-11-3-4-23(28)17-5-7-20(26)8-6-17/h5-8,14-16,18,23H,3-4,9-13H2,1-2H3. The van der Waals surface area contributed by atoms with E-state index in [1.165, 1.54) is 12.1 Å². The predicted octanol–water partition coefficient (Wildman–Crippen LogP) is 4.06.